The molecule has 0 radical (unpaired) electrons. The van der Waals surface area contributed by atoms with Gasteiger partial charge in [-0.15, -0.1) is 5.10 Å². The number of nitrogens with zero attached hydrogens (tertiary/aromatic N) is 7. The predicted octanol–water partition coefficient (Wildman–Crippen LogP) is 5.53. The molecule has 0 unspecified atom stereocenters. The van der Waals surface area contributed by atoms with Crippen molar-refractivity contribution in [3.63, 3.8) is 0 Å². The number of benzene rings is 2. The molecule has 0 atom stereocenters. The van der Waals surface area contributed by atoms with Crippen molar-refractivity contribution >= 4 is 28.2 Å². The molecular weight excluding hydrogens is 607 g/mol. The molecule has 3 aromatic heterocycles. The van der Waals surface area contributed by atoms with Crippen LogP contribution in [0.3, 0.4) is 0 Å². The van der Waals surface area contributed by atoms with E-state index in [1.165, 1.54) is 0 Å². The first-order valence-corrected chi connectivity index (χ1v) is 16.9. The molecule has 0 spiro atoms. The third-order valence-corrected chi connectivity index (χ3v) is 9.50. The molecule has 1 saturated heterocycles. The lowest BCUT2D eigenvalue weighted by molar-refractivity contribution is -0.131. The quantitative estimate of drug-likeness (QED) is 0.213. The van der Waals surface area contributed by atoms with E-state index in [0.29, 0.717) is 56.2 Å². The van der Waals surface area contributed by atoms with Crippen molar-refractivity contribution in [2.24, 2.45) is 0 Å². The van der Waals surface area contributed by atoms with E-state index >= 15 is 4.39 Å². The van der Waals surface area contributed by atoms with Crippen LogP contribution in [0.1, 0.15) is 36.9 Å². The molecule has 246 valence electrons. The van der Waals surface area contributed by atoms with E-state index in [1.54, 1.807) is 17.1 Å². The Labute approximate surface area is 278 Å². The summed E-state index contributed by atoms with van der Waals surface area (Å²) >= 11 is 0. The van der Waals surface area contributed by atoms with E-state index in [-0.39, 0.29) is 11.7 Å². The van der Waals surface area contributed by atoms with Crippen LogP contribution in [0, 0.1) is 5.82 Å². The summed E-state index contributed by atoms with van der Waals surface area (Å²) in [5.41, 5.74) is 4.86. The zero-order valence-electron chi connectivity index (χ0n) is 26.9. The van der Waals surface area contributed by atoms with Crippen LogP contribution in [0.15, 0.2) is 79.3 Å². The lowest BCUT2D eigenvalue weighted by Crippen LogP contribution is -2.46. The summed E-state index contributed by atoms with van der Waals surface area (Å²) in [5, 5.41) is 8.64. The largest absolute Gasteiger partial charge is 0.487 e. The molecule has 8 rings (SSSR count). The second-order valence-electron chi connectivity index (χ2n) is 12.9. The van der Waals surface area contributed by atoms with Gasteiger partial charge in [0, 0.05) is 81.3 Å². The number of carbonyl (C=O) groups excluding carboxylic acids is 1. The number of aromatic nitrogens is 5. The fraction of sp³-hybridized carbons (Fsp3) is 0.351. The SMILES string of the molecule is O=C(CCn1ccnn1)N1CCC=C(c2cc(-c3ccccc3)c3cc(CN4CCN(c5ncccc5OC5CC5)CC4)[nH]c3c2F)C1. The molecule has 1 aliphatic carbocycles. The zero-order valence-corrected chi connectivity index (χ0v) is 26.9. The molecule has 1 saturated carbocycles. The van der Waals surface area contributed by atoms with Gasteiger partial charge in [0.05, 0.1) is 24.4 Å². The minimum Gasteiger partial charge on any atom is -0.487 e. The van der Waals surface area contributed by atoms with Crippen LogP contribution < -0.4 is 9.64 Å². The zero-order chi connectivity index (χ0) is 32.5. The van der Waals surface area contributed by atoms with Crippen molar-refractivity contribution in [1.29, 1.82) is 0 Å². The molecule has 5 heterocycles. The number of anilines is 1. The lowest BCUT2D eigenvalue weighted by atomic mass is 9.93. The molecular formula is C37H39FN8O2. The highest BCUT2D eigenvalue weighted by Gasteiger charge is 2.28. The van der Waals surface area contributed by atoms with Crippen molar-refractivity contribution in [2.75, 3.05) is 44.2 Å². The van der Waals surface area contributed by atoms with E-state index in [1.807, 2.05) is 47.5 Å². The van der Waals surface area contributed by atoms with Crippen LogP contribution >= 0.6 is 0 Å². The van der Waals surface area contributed by atoms with Gasteiger partial charge in [0.15, 0.2) is 17.4 Å². The number of hydrogen-bond donors (Lipinski definition) is 1. The van der Waals surface area contributed by atoms with Gasteiger partial charge in [-0.25, -0.2) is 9.37 Å². The Morgan fingerprint density at radius 1 is 0.979 bits per heavy atom. The summed E-state index contributed by atoms with van der Waals surface area (Å²) in [4.78, 5) is 27.8. The molecule has 2 aliphatic heterocycles. The van der Waals surface area contributed by atoms with Gasteiger partial charge in [0.1, 0.15) is 0 Å². The maximum absolute atomic E-state index is 16.5. The summed E-state index contributed by atoms with van der Waals surface area (Å²) in [6.45, 7) is 5.55. The van der Waals surface area contributed by atoms with Gasteiger partial charge in [-0.2, -0.15) is 0 Å². The number of amides is 1. The van der Waals surface area contributed by atoms with E-state index in [2.05, 4.69) is 54.4 Å². The number of halogens is 1. The van der Waals surface area contributed by atoms with Gasteiger partial charge in [-0.1, -0.05) is 41.6 Å². The fourth-order valence-electron chi connectivity index (χ4n) is 6.80. The Kier molecular flexibility index (Phi) is 8.36. The first kappa shape index (κ1) is 30.3. The highest BCUT2D eigenvalue weighted by Crippen LogP contribution is 2.37. The number of aryl methyl sites for hydroxylation is 1. The highest BCUT2D eigenvalue weighted by molar-refractivity contribution is 5.99. The first-order chi connectivity index (χ1) is 23.6. The van der Waals surface area contributed by atoms with Gasteiger partial charge >= 0.3 is 0 Å². The number of carbonyl (C=O) groups is 1. The molecule has 48 heavy (non-hydrogen) atoms. The van der Waals surface area contributed by atoms with Crippen molar-refractivity contribution in [3.05, 3.63) is 96.3 Å². The van der Waals surface area contributed by atoms with Crippen LogP contribution in [0.5, 0.6) is 5.75 Å². The Bertz CT molecular complexity index is 1930. The predicted molar refractivity (Wildman–Crippen MR) is 183 cm³/mol. The minimum absolute atomic E-state index is 0.0258. The van der Waals surface area contributed by atoms with Crippen LogP contribution in [0.2, 0.25) is 0 Å². The molecule has 3 aliphatic rings. The lowest BCUT2D eigenvalue weighted by Gasteiger charge is -2.35. The molecule has 1 amide bonds. The molecule has 5 aromatic rings. The molecule has 10 nitrogen and oxygen atoms in total. The number of pyridine rings is 1. The monoisotopic (exact) mass is 646 g/mol. The van der Waals surface area contributed by atoms with E-state index in [9.17, 15) is 4.79 Å². The van der Waals surface area contributed by atoms with Crippen LogP contribution in [-0.4, -0.2) is 86.0 Å². The third-order valence-electron chi connectivity index (χ3n) is 9.50. The van der Waals surface area contributed by atoms with Gasteiger partial charge in [-0.3, -0.25) is 14.4 Å². The minimum atomic E-state index is -0.276. The number of ether oxygens (including phenoxy) is 1. The fourth-order valence-corrected chi connectivity index (χ4v) is 6.80. The summed E-state index contributed by atoms with van der Waals surface area (Å²) in [7, 11) is 0. The normalized spacial score (nSPS) is 17.1. The third kappa shape index (κ3) is 6.42. The van der Waals surface area contributed by atoms with Gasteiger partial charge < -0.3 is 19.5 Å². The standard InChI is InChI=1S/C37H39FN8O2/c38-35-31(27-8-5-15-45(24-27)34(47)12-16-46-17-14-40-42-46)23-30(26-6-2-1-3-7-26)32-22-28(41-36(32)35)25-43-18-20-44(21-19-43)37-33(9-4-13-39-37)48-29-10-11-29/h1-4,6-9,13-14,17,22-23,29,41H,5,10-12,15-16,18-21,24-25H2. The molecule has 11 heteroatoms. The maximum atomic E-state index is 16.5. The number of H-pyrrole nitrogens is 1. The van der Waals surface area contributed by atoms with Crippen molar-refractivity contribution in [2.45, 2.75) is 44.9 Å². The van der Waals surface area contributed by atoms with Crippen LogP contribution in [0.25, 0.3) is 27.6 Å². The Morgan fingerprint density at radius 2 is 1.83 bits per heavy atom. The molecule has 1 N–H and O–H groups in total. The molecule has 0 bridgehead atoms. The molecule has 2 aromatic carbocycles. The first-order valence-electron chi connectivity index (χ1n) is 16.9. The Morgan fingerprint density at radius 3 is 2.62 bits per heavy atom. The topological polar surface area (TPSA) is 95.4 Å². The van der Waals surface area contributed by atoms with Gasteiger partial charge in [0.2, 0.25) is 5.91 Å². The van der Waals surface area contributed by atoms with Gasteiger partial charge in [-0.05, 0) is 60.2 Å². The number of fused-ring (bicyclic) bond motifs is 1. The van der Waals surface area contributed by atoms with Crippen molar-refractivity contribution < 1.29 is 13.9 Å². The number of piperazine rings is 1. The summed E-state index contributed by atoms with van der Waals surface area (Å²) in [6, 6.07) is 18.2. The van der Waals surface area contributed by atoms with Crippen molar-refractivity contribution in [3.8, 4) is 16.9 Å². The Hall–Kier alpha value is -5.03. The average molecular weight is 647 g/mol. The number of rotatable bonds is 10. The van der Waals surface area contributed by atoms with Crippen LogP contribution in [0.4, 0.5) is 10.2 Å². The highest BCUT2D eigenvalue weighted by atomic mass is 19.1. The summed E-state index contributed by atoms with van der Waals surface area (Å²) < 4.78 is 24.3. The maximum Gasteiger partial charge on any atom is 0.224 e. The number of aromatic amines is 1. The molecule has 2 fully saturated rings. The van der Waals surface area contributed by atoms with Crippen molar-refractivity contribution in [1.82, 2.24) is 34.8 Å². The Balaban J connectivity index is 1.02. The van der Waals surface area contributed by atoms with Gasteiger partial charge in [0.25, 0.3) is 0 Å². The number of nitrogens with one attached hydrogen (secondary N) is 1. The van der Waals surface area contributed by atoms with Crippen LogP contribution in [-0.2, 0) is 17.9 Å². The summed E-state index contributed by atoms with van der Waals surface area (Å²) in [5.74, 6) is 1.54. The van der Waals surface area contributed by atoms with E-state index in [0.717, 1.165) is 78.4 Å². The summed E-state index contributed by atoms with van der Waals surface area (Å²) in [6.07, 6.45) is 10.8. The van der Waals surface area contributed by atoms with E-state index in [4.69, 9.17) is 4.74 Å². The average Bonchev–Trinajstić information content (AvgIpc) is 3.59. The smallest absolute Gasteiger partial charge is 0.224 e. The second kappa shape index (κ2) is 13.2. The number of hydrogen-bond acceptors (Lipinski definition) is 7. The van der Waals surface area contributed by atoms with E-state index < -0.39 is 0 Å². The second-order valence-corrected chi connectivity index (χ2v) is 12.9.